The Labute approximate surface area is 133 Å². The van der Waals surface area contributed by atoms with Crippen LogP contribution < -0.4 is 0 Å². The summed E-state index contributed by atoms with van der Waals surface area (Å²) >= 11 is 0. The molecule has 0 aliphatic carbocycles. The molecule has 0 rings (SSSR count). The second kappa shape index (κ2) is 14.4. The molecule has 0 aliphatic rings. The van der Waals surface area contributed by atoms with E-state index in [2.05, 4.69) is 41.5 Å². The van der Waals surface area contributed by atoms with Gasteiger partial charge in [-0.05, 0) is 35.9 Å². The molecule has 114 valence electrons. The van der Waals surface area contributed by atoms with E-state index in [1.165, 1.54) is 0 Å². The molecule has 0 aromatic rings. The molecule has 0 aliphatic heterocycles. The molecule has 0 unspecified atom stereocenters. The van der Waals surface area contributed by atoms with Crippen LogP contribution in [0.2, 0.25) is 18.1 Å². The molecular formula is C12H34O4SiZr. The summed E-state index contributed by atoms with van der Waals surface area (Å²) in [6, 6.07) is 3.22. The molecule has 0 bridgehead atoms. The van der Waals surface area contributed by atoms with Crippen molar-refractivity contribution < 1.29 is 47.4 Å². The number of hydrogen-bond donors (Lipinski definition) is 1. The van der Waals surface area contributed by atoms with Crippen molar-refractivity contribution in [1.29, 1.82) is 0 Å². The Kier molecular flexibility index (Phi) is 25.0. The fourth-order valence-electron chi connectivity index (χ4n) is 2.53. The van der Waals surface area contributed by atoms with Gasteiger partial charge in [-0.3, -0.25) is 0 Å². The quantitative estimate of drug-likeness (QED) is 0.708. The van der Waals surface area contributed by atoms with Gasteiger partial charge in [0.05, 0.1) is 0 Å². The Balaban J connectivity index is -0.000000141. The van der Waals surface area contributed by atoms with E-state index in [9.17, 15) is 4.80 Å². The molecule has 18 heavy (non-hydrogen) atoms. The summed E-state index contributed by atoms with van der Waals surface area (Å²) in [6.07, 6.45) is 0. The van der Waals surface area contributed by atoms with Crippen LogP contribution in [0.15, 0.2) is 0 Å². The molecule has 6 heteroatoms. The first-order valence-electron chi connectivity index (χ1n) is 5.97. The maximum atomic E-state index is 10.7. The molecule has 0 radical (unpaired) electrons. The minimum atomic E-state index is -1.94. The summed E-state index contributed by atoms with van der Waals surface area (Å²) in [4.78, 5) is 10.7. The first kappa shape index (κ1) is 31.4. The molecule has 0 aromatic heterocycles. The average Bonchev–Trinajstić information content (AvgIpc) is 1.76. The van der Waals surface area contributed by atoms with Crippen LogP contribution in [0.4, 0.5) is 0 Å². The van der Waals surface area contributed by atoms with Crippen molar-refractivity contribution in [2.45, 2.75) is 59.7 Å². The van der Waals surface area contributed by atoms with Crippen LogP contribution >= 0.6 is 0 Å². The summed E-state index contributed by atoms with van der Waals surface area (Å²) in [6.45, 7) is 13.3. The van der Waals surface area contributed by atoms with Crippen molar-refractivity contribution in [3.05, 3.63) is 0 Å². The summed E-state index contributed by atoms with van der Waals surface area (Å²) in [5.41, 5.74) is 0. The standard InChI is InChI=1S/C12H28OSi.3H2O.Zr/c1-10(2)7-14(13,8-11(3)4)9-12(5)6;;;;/h10-13H,7-9H2,1-6H3;3*1H2;. The summed E-state index contributed by atoms with van der Waals surface area (Å²) in [7, 11) is -1.94. The molecule has 0 saturated heterocycles. The van der Waals surface area contributed by atoms with Crippen molar-refractivity contribution in [1.82, 2.24) is 0 Å². The SMILES string of the molecule is CC(C)C[Si](O)(CC(C)C)CC(C)C.O.O.O.[Zr]. The average molecular weight is 362 g/mol. The van der Waals surface area contributed by atoms with E-state index >= 15 is 0 Å². The normalized spacial score (nSPS) is 10.3. The Bertz CT molecular complexity index is 140. The summed E-state index contributed by atoms with van der Waals surface area (Å²) in [5, 5.41) is 0. The maximum absolute atomic E-state index is 10.7. The Morgan fingerprint density at radius 1 is 0.667 bits per heavy atom. The molecule has 0 heterocycles. The zero-order valence-electron chi connectivity index (χ0n) is 12.8. The molecule has 0 spiro atoms. The third-order valence-corrected chi connectivity index (χ3v) is 7.09. The van der Waals surface area contributed by atoms with Gasteiger partial charge in [-0.25, -0.2) is 0 Å². The van der Waals surface area contributed by atoms with Crippen LogP contribution in [0.25, 0.3) is 0 Å². The molecule has 7 N–H and O–H groups in total. The zero-order valence-corrected chi connectivity index (χ0v) is 16.3. The monoisotopic (exact) mass is 360 g/mol. The van der Waals surface area contributed by atoms with E-state index in [1.807, 2.05) is 0 Å². The van der Waals surface area contributed by atoms with E-state index in [0.29, 0.717) is 17.8 Å². The summed E-state index contributed by atoms with van der Waals surface area (Å²) < 4.78 is 0. The predicted octanol–water partition coefficient (Wildman–Crippen LogP) is 1.42. The molecule has 0 aromatic carbocycles. The third kappa shape index (κ3) is 16.9. The van der Waals surface area contributed by atoms with E-state index in [-0.39, 0.29) is 42.6 Å². The second-order valence-electron chi connectivity index (χ2n) is 6.02. The van der Waals surface area contributed by atoms with Crippen LogP contribution in [0.5, 0.6) is 0 Å². The van der Waals surface area contributed by atoms with Gasteiger partial charge in [0, 0.05) is 26.2 Å². The Morgan fingerprint density at radius 2 is 0.833 bits per heavy atom. The second-order valence-corrected chi connectivity index (χ2v) is 9.69. The van der Waals surface area contributed by atoms with Gasteiger partial charge in [0.1, 0.15) is 0 Å². The van der Waals surface area contributed by atoms with Crippen molar-refractivity contribution in [3.8, 4) is 0 Å². The minimum absolute atomic E-state index is 0. The topological polar surface area (TPSA) is 115 Å². The fraction of sp³-hybridized carbons (Fsp3) is 1.00. The van der Waals surface area contributed by atoms with Crippen LogP contribution in [0.1, 0.15) is 41.5 Å². The van der Waals surface area contributed by atoms with Crippen LogP contribution in [-0.2, 0) is 26.2 Å². The van der Waals surface area contributed by atoms with Gasteiger partial charge in [-0.1, -0.05) is 41.5 Å². The molecule has 0 saturated carbocycles. The van der Waals surface area contributed by atoms with Crippen molar-refractivity contribution in [3.63, 3.8) is 0 Å². The molecule has 0 atom stereocenters. The fourth-order valence-corrected chi connectivity index (χ4v) is 7.59. The van der Waals surface area contributed by atoms with Gasteiger partial charge in [-0.2, -0.15) is 0 Å². The van der Waals surface area contributed by atoms with Gasteiger partial charge in [0.25, 0.3) is 0 Å². The molecule has 4 nitrogen and oxygen atoms in total. The van der Waals surface area contributed by atoms with Crippen LogP contribution in [-0.4, -0.2) is 29.5 Å². The van der Waals surface area contributed by atoms with Gasteiger partial charge in [0.2, 0.25) is 0 Å². The Morgan fingerprint density at radius 3 is 0.944 bits per heavy atom. The van der Waals surface area contributed by atoms with E-state index in [1.54, 1.807) is 0 Å². The van der Waals surface area contributed by atoms with Crippen molar-refractivity contribution in [2.24, 2.45) is 17.8 Å². The largest absolute Gasteiger partial charge is 0.432 e. The minimum Gasteiger partial charge on any atom is -0.432 e. The first-order valence-corrected chi connectivity index (χ1v) is 8.54. The van der Waals surface area contributed by atoms with Gasteiger partial charge in [0.15, 0.2) is 8.32 Å². The maximum Gasteiger partial charge on any atom is 0.189 e. The third-order valence-electron chi connectivity index (χ3n) is 2.36. The van der Waals surface area contributed by atoms with Crippen molar-refractivity contribution in [2.75, 3.05) is 0 Å². The van der Waals surface area contributed by atoms with Crippen molar-refractivity contribution >= 4 is 8.32 Å². The summed E-state index contributed by atoms with van der Waals surface area (Å²) in [5.74, 6) is 1.93. The van der Waals surface area contributed by atoms with Gasteiger partial charge < -0.3 is 21.2 Å². The smallest absolute Gasteiger partial charge is 0.189 e. The van der Waals surface area contributed by atoms with Crippen LogP contribution in [0, 0.1) is 17.8 Å². The van der Waals surface area contributed by atoms with Crippen LogP contribution in [0.3, 0.4) is 0 Å². The van der Waals surface area contributed by atoms with E-state index in [4.69, 9.17) is 0 Å². The van der Waals surface area contributed by atoms with Gasteiger partial charge in [-0.15, -0.1) is 0 Å². The van der Waals surface area contributed by atoms with E-state index < -0.39 is 8.32 Å². The zero-order chi connectivity index (χ0) is 11.4. The molecule has 0 amide bonds. The number of rotatable bonds is 6. The molecule has 0 fully saturated rings. The predicted molar refractivity (Wildman–Crippen MR) is 77.7 cm³/mol. The number of hydrogen-bond acceptors (Lipinski definition) is 1. The molecular weight excluding hydrogens is 327 g/mol. The van der Waals surface area contributed by atoms with Gasteiger partial charge >= 0.3 is 0 Å². The Hall–Kier alpha value is 0.940. The first-order chi connectivity index (χ1) is 6.25. The van der Waals surface area contributed by atoms with E-state index in [0.717, 1.165) is 18.1 Å².